The Hall–Kier alpha value is -0.120. The van der Waals surface area contributed by atoms with Gasteiger partial charge in [-0.3, -0.25) is 0 Å². The third-order valence-corrected chi connectivity index (χ3v) is 4.11. The van der Waals surface area contributed by atoms with Crippen molar-refractivity contribution in [2.45, 2.75) is 63.5 Å². The van der Waals surface area contributed by atoms with Crippen molar-refractivity contribution >= 4 is 0 Å². The van der Waals surface area contributed by atoms with Crippen molar-refractivity contribution in [1.29, 1.82) is 0 Å². The molecule has 1 saturated carbocycles. The number of ether oxygens (including phenoxy) is 2. The third-order valence-electron chi connectivity index (χ3n) is 4.11. The van der Waals surface area contributed by atoms with Gasteiger partial charge in [0.2, 0.25) is 0 Å². The van der Waals surface area contributed by atoms with Crippen LogP contribution in [0.4, 0.5) is 0 Å². The first-order valence-electron chi connectivity index (χ1n) is 7.30. The summed E-state index contributed by atoms with van der Waals surface area (Å²) >= 11 is 0. The molecule has 1 saturated heterocycles. The monoisotopic (exact) mass is 241 g/mol. The molecule has 0 aromatic rings. The Morgan fingerprint density at radius 2 is 2.18 bits per heavy atom. The number of rotatable bonds is 6. The average molecular weight is 241 g/mol. The molecule has 1 spiro atoms. The van der Waals surface area contributed by atoms with Gasteiger partial charge in [-0.15, -0.1) is 0 Å². The smallest absolute Gasteiger partial charge is 0.0697 e. The van der Waals surface area contributed by atoms with Gasteiger partial charge in [-0.05, 0) is 45.6 Å². The highest BCUT2D eigenvalue weighted by Crippen LogP contribution is 2.39. The number of hydrogen-bond donors (Lipinski definition) is 1. The van der Waals surface area contributed by atoms with Gasteiger partial charge < -0.3 is 14.8 Å². The fraction of sp³-hybridized carbons (Fsp3) is 1.00. The predicted octanol–water partition coefficient (Wildman–Crippen LogP) is 2.49. The highest BCUT2D eigenvalue weighted by molar-refractivity contribution is 4.93. The SMILES string of the molecule is CCOCCCNC1CCOC2(CCCC2)C1. The topological polar surface area (TPSA) is 30.5 Å². The molecule has 2 aliphatic rings. The second kappa shape index (κ2) is 6.72. The maximum Gasteiger partial charge on any atom is 0.0697 e. The largest absolute Gasteiger partial charge is 0.382 e. The summed E-state index contributed by atoms with van der Waals surface area (Å²) in [6.45, 7) is 5.80. The number of nitrogens with one attached hydrogen (secondary N) is 1. The lowest BCUT2D eigenvalue weighted by atomic mass is 9.89. The number of hydrogen-bond acceptors (Lipinski definition) is 3. The van der Waals surface area contributed by atoms with E-state index in [1.165, 1.54) is 38.5 Å². The second-order valence-corrected chi connectivity index (χ2v) is 5.43. The van der Waals surface area contributed by atoms with Gasteiger partial charge >= 0.3 is 0 Å². The Morgan fingerprint density at radius 3 is 2.94 bits per heavy atom. The van der Waals surface area contributed by atoms with Crippen LogP contribution in [0.25, 0.3) is 0 Å². The zero-order chi connectivity index (χ0) is 12.0. The van der Waals surface area contributed by atoms with Crippen molar-refractivity contribution in [1.82, 2.24) is 5.32 Å². The van der Waals surface area contributed by atoms with Gasteiger partial charge in [-0.25, -0.2) is 0 Å². The molecule has 17 heavy (non-hydrogen) atoms. The Labute approximate surface area is 105 Å². The van der Waals surface area contributed by atoms with Gasteiger partial charge in [0, 0.05) is 25.9 Å². The molecule has 0 amide bonds. The Balaban J connectivity index is 1.63. The molecule has 0 bridgehead atoms. The van der Waals surface area contributed by atoms with Gasteiger partial charge in [-0.1, -0.05) is 12.8 Å². The standard InChI is InChI=1S/C14H27NO2/c1-2-16-10-5-9-15-13-6-11-17-14(12-13)7-3-4-8-14/h13,15H,2-12H2,1H3. The normalized spacial score (nSPS) is 27.7. The summed E-state index contributed by atoms with van der Waals surface area (Å²) in [4.78, 5) is 0. The van der Waals surface area contributed by atoms with Crippen LogP contribution in [0.1, 0.15) is 51.9 Å². The lowest BCUT2D eigenvalue weighted by Crippen LogP contribution is -2.45. The highest BCUT2D eigenvalue weighted by Gasteiger charge is 2.39. The van der Waals surface area contributed by atoms with Crippen LogP contribution in [0.5, 0.6) is 0 Å². The summed E-state index contributed by atoms with van der Waals surface area (Å²) < 4.78 is 11.4. The van der Waals surface area contributed by atoms with Crippen molar-refractivity contribution in [3.8, 4) is 0 Å². The molecule has 0 radical (unpaired) electrons. The maximum absolute atomic E-state index is 6.04. The van der Waals surface area contributed by atoms with Crippen LogP contribution < -0.4 is 5.32 Å². The summed E-state index contributed by atoms with van der Waals surface area (Å²) in [6, 6.07) is 0.670. The highest BCUT2D eigenvalue weighted by atomic mass is 16.5. The van der Waals surface area contributed by atoms with E-state index in [1.807, 2.05) is 0 Å². The fourth-order valence-corrected chi connectivity index (χ4v) is 3.19. The molecule has 2 fully saturated rings. The molecular weight excluding hydrogens is 214 g/mol. The zero-order valence-electron chi connectivity index (χ0n) is 11.2. The van der Waals surface area contributed by atoms with Crippen molar-refractivity contribution in [3.63, 3.8) is 0 Å². The first-order chi connectivity index (χ1) is 8.35. The first-order valence-corrected chi connectivity index (χ1v) is 7.30. The Kier molecular flexibility index (Phi) is 5.26. The predicted molar refractivity (Wildman–Crippen MR) is 69.3 cm³/mol. The minimum Gasteiger partial charge on any atom is -0.382 e. The van der Waals surface area contributed by atoms with Crippen LogP contribution in [0.2, 0.25) is 0 Å². The van der Waals surface area contributed by atoms with Crippen LogP contribution in [-0.4, -0.2) is 38.0 Å². The Morgan fingerprint density at radius 1 is 1.35 bits per heavy atom. The first kappa shape index (κ1) is 13.3. The minimum absolute atomic E-state index is 0.246. The molecule has 100 valence electrons. The minimum atomic E-state index is 0.246. The lowest BCUT2D eigenvalue weighted by Gasteiger charge is -2.38. The summed E-state index contributed by atoms with van der Waals surface area (Å²) in [5, 5.41) is 3.67. The molecular formula is C14H27NO2. The van der Waals surface area contributed by atoms with Crippen LogP contribution in [0.3, 0.4) is 0 Å². The van der Waals surface area contributed by atoms with Crippen molar-refractivity contribution in [3.05, 3.63) is 0 Å². The van der Waals surface area contributed by atoms with Gasteiger partial charge in [0.25, 0.3) is 0 Å². The van der Waals surface area contributed by atoms with E-state index < -0.39 is 0 Å². The van der Waals surface area contributed by atoms with Crippen LogP contribution in [0, 0.1) is 0 Å². The fourth-order valence-electron chi connectivity index (χ4n) is 3.19. The molecule has 0 aromatic carbocycles. The van der Waals surface area contributed by atoms with E-state index in [0.29, 0.717) is 6.04 Å². The van der Waals surface area contributed by atoms with E-state index >= 15 is 0 Å². The van der Waals surface area contributed by atoms with E-state index in [2.05, 4.69) is 12.2 Å². The molecule has 1 unspecified atom stereocenters. The summed E-state index contributed by atoms with van der Waals surface area (Å²) in [5.74, 6) is 0. The van der Waals surface area contributed by atoms with Gasteiger partial charge in [0.15, 0.2) is 0 Å². The van der Waals surface area contributed by atoms with E-state index in [1.54, 1.807) is 0 Å². The van der Waals surface area contributed by atoms with Crippen LogP contribution in [0.15, 0.2) is 0 Å². The summed E-state index contributed by atoms with van der Waals surface area (Å²) in [6.07, 6.45) is 8.80. The zero-order valence-corrected chi connectivity index (χ0v) is 11.2. The molecule has 1 heterocycles. The molecule has 0 aromatic heterocycles. The third kappa shape index (κ3) is 3.94. The van der Waals surface area contributed by atoms with Crippen molar-refractivity contribution < 1.29 is 9.47 Å². The summed E-state index contributed by atoms with van der Waals surface area (Å²) in [7, 11) is 0. The van der Waals surface area contributed by atoms with E-state index in [9.17, 15) is 0 Å². The molecule has 1 aliphatic heterocycles. The van der Waals surface area contributed by atoms with Crippen molar-refractivity contribution in [2.75, 3.05) is 26.4 Å². The van der Waals surface area contributed by atoms with Crippen molar-refractivity contribution in [2.24, 2.45) is 0 Å². The van der Waals surface area contributed by atoms with Crippen LogP contribution in [-0.2, 0) is 9.47 Å². The summed E-state index contributed by atoms with van der Waals surface area (Å²) in [5.41, 5.74) is 0.246. The molecule has 1 atom stereocenters. The van der Waals surface area contributed by atoms with E-state index in [-0.39, 0.29) is 5.60 Å². The lowest BCUT2D eigenvalue weighted by molar-refractivity contribution is -0.0836. The van der Waals surface area contributed by atoms with Gasteiger partial charge in [0.1, 0.15) is 0 Å². The maximum atomic E-state index is 6.04. The van der Waals surface area contributed by atoms with E-state index in [0.717, 1.165) is 32.8 Å². The second-order valence-electron chi connectivity index (χ2n) is 5.43. The quantitative estimate of drug-likeness (QED) is 0.725. The van der Waals surface area contributed by atoms with Gasteiger partial charge in [-0.2, -0.15) is 0 Å². The molecule has 1 N–H and O–H groups in total. The molecule has 3 heteroatoms. The van der Waals surface area contributed by atoms with Crippen LogP contribution >= 0.6 is 0 Å². The average Bonchev–Trinajstić information content (AvgIpc) is 2.77. The Bertz CT molecular complexity index is 214. The van der Waals surface area contributed by atoms with Gasteiger partial charge in [0.05, 0.1) is 5.60 Å². The molecule has 3 nitrogen and oxygen atoms in total. The molecule has 1 aliphatic carbocycles. The molecule has 2 rings (SSSR count). The van der Waals surface area contributed by atoms with E-state index in [4.69, 9.17) is 9.47 Å².